The maximum Gasteiger partial charge on any atom is 0.152 e. The predicted molar refractivity (Wildman–Crippen MR) is 83.3 cm³/mol. The molecule has 2 aliphatic heterocycles. The molecule has 114 valence electrons. The normalized spacial score (nSPS) is 21.0. The van der Waals surface area contributed by atoms with E-state index in [1.54, 1.807) is 0 Å². The third-order valence-corrected chi connectivity index (χ3v) is 4.20. The lowest BCUT2D eigenvalue weighted by Crippen LogP contribution is -2.44. The lowest BCUT2D eigenvalue weighted by molar-refractivity contribution is 0.0197. The van der Waals surface area contributed by atoms with Crippen LogP contribution < -0.4 is 16.0 Å². The maximum absolute atomic E-state index is 5.45. The number of ether oxygens (including phenoxy) is 1. The lowest BCUT2D eigenvalue weighted by atomic mass is 10.00. The van der Waals surface area contributed by atoms with Crippen LogP contribution in [0.25, 0.3) is 0 Å². The van der Waals surface area contributed by atoms with E-state index >= 15 is 0 Å². The quantitative estimate of drug-likeness (QED) is 0.758. The molecule has 0 saturated carbocycles. The van der Waals surface area contributed by atoms with Crippen LogP contribution in [-0.2, 0) is 11.3 Å². The fourth-order valence-electron chi connectivity index (χ4n) is 2.93. The van der Waals surface area contributed by atoms with Crippen molar-refractivity contribution in [3.63, 3.8) is 0 Å². The van der Waals surface area contributed by atoms with E-state index in [0.717, 1.165) is 32.8 Å². The number of hydrogen-bond donors (Lipinski definition) is 3. The standard InChI is InChI=1S/C16H24N4O/c1-13(20-8-10-21-11-9-20)15-5-3-2-4-14(15)12-19-16-17-6-7-18-16/h2-7,13,16-19H,8-12H2,1H3. The summed E-state index contributed by atoms with van der Waals surface area (Å²) in [6, 6.07) is 9.12. The van der Waals surface area contributed by atoms with Gasteiger partial charge in [-0.2, -0.15) is 0 Å². The molecular weight excluding hydrogens is 264 g/mol. The summed E-state index contributed by atoms with van der Waals surface area (Å²) in [4.78, 5) is 2.50. The molecule has 1 aromatic rings. The fourth-order valence-corrected chi connectivity index (χ4v) is 2.93. The first-order chi connectivity index (χ1) is 10.3. The van der Waals surface area contributed by atoms with Crippen LogP contribution in [0.4, 0.5) is 0 Å². The van der Waals surface area contributed by atoms with Crippen molar-refractivity contribution < 1.29 is 4.74 Å². The Kier molecular flexibility index (Phi) is 4.75. The number of hydrogen-bond acceptors (Lipinski definition) is 5. The third-order valence-electron chi connectivity index (χ3n) is 4.20. The van der Waals surface area contributed by atoms with Gasteiger partial charge in [-0.3, -0.25) is 10.2 Å². The van der Waals surface area contributed by atoms with E-state index in [1.807, 2.05) is 12.4 Å². The van der Waals surface area contributed by atoms with Crippen molar-refractivity contribution in [2.45, 2.75) is 25.8 Å². The SMILES string of the molecule is CC(c1ccccc1CNC1NC=CN1)N1CCOCC1. The number of benzene rings is 1. The van der Waals surface area contributed by atoms with E-state index in [9.17, 15) is 0 Å². The Morgan fingerprint density at radius 3 is 2.71 bits per heavy atom. The van der Waals surface area contributed by atoms with Gasteiger partial charge in [0, 0.05) is 38.1 Å². The summed E-state index contributed by atoms with van der Waals surface area (Å²) >= 11 is 0. The van der Waals surface area contributed by atoms with Crippen LogP contribution >= 0.6 is 0 Å². The Bertz CT molecular complexity index is 477. The monoisotopic (exact) mass is 288 g/mol. The van der Waals surface area contributed by atoms with Gasteiger partial charge >= 0.3 is 0 Å². The van der Waals surface area contributed by atoms with Crippen LogP contribution in [0.1, 0.15) is 24.1 Å². The van der Waals surface area contributed by atoms with Crippen LogP contribution in [0.15, 0.2) is 36.7 Å². The minimum Gasteiger partial charge on any atom is -0.379 e. The molecule has 5 heteroatoms. The Labute approximate surface area is 126 Å². The summed E-state index contributed by atoms with van der Waals surface area (Å²) in [5.74, 6) is 0. The van der Waals surface area contributed by atoms with Crippen molar-refractivity contribution in [2.75, 3.05) is 26.3 Å². The van der Waals surface area contributed by atoms with Crippen LogP contribution in [-0.4, -0.2) is 37.5 Å². The molecule has 3 rings (SSSR count). The van der Waals surface area contributed by atoms with Crippen LogP contribution in [0.5, 0.6) is 0 Å². The summed E-state index contributed by atoms with van der Waals surface area (Å²) in [7, 11) is 0. The van der Waals surface area contributed by atoms with Gasteiger partial charge in [0.05, 0.1) is 13.2 Å². The Morgan fingerprint density at radius 1 is 1.24 bits per heavy atom. The average molecular weight is 288 g/mol. The largest absolute Gasteiger partial charge is 0.379 e. The van der Waals surface area contributed by atoms with Gasteiger partial charge < -0.3 is 15.4 Å². The second-order valence-electron chi connectivity index (χ2n) is 5.50. The molecule has 1 fully saturated rings. The highest BCUT2D eigenvalue weighted by atomic mass is 16.5. The topological polar surface area (TPSA) is 48.6 Å². The number of morpholine rings is 1. The number of nitrogens with one attached hydrogen (secondary N) is 3. The van der Waals surface area contributed by atoms with Gasteiger partial charge in [0.1, 0.15) is 0 Å². The molecule has 0 aliphatic carbocycles. The summed E-state index contributed by atoms with van der Waals surface area (Å²) in [5.41, 5.74) is 2.75. The third kappa shape index (κ3) is 3.56. The Hall–Kier alpha value is -1.56. The summed E-state index contributed by atoms with van der Waals surface area (Å²) in [5, 5.41) is 9.89. The molecule has 3 N–H and O–H groups in total. The number of nitrogens with zero attached hydrogens (tertiary/aromatic N) is 1. The smallest absolute Gasteiger partial charge is 0.152 e. The van der Waals surface area contributed by atoms with Crippen molar-refractivity contribution in [3.8, 4) is 0 Å². The first kappa shape index (κ1) is 14.4. The van der Waals surface area contributed by atoms with E-state index in [-0.39, 0.29) is 6.29 Å². The highest BCUT2D eigenvalue weighted by molar-refractivity contribution is 5.30. The highest BCUT2D eigenvalue weighted by Gasteiger charge is 2.20. The molecule has 1 atom stereocenters. The van der Waals surface area contributed by atoms with Gasteiger partial charge in [-0.25, -0.2) is 0 Å². The minimum atomic E-state index is 0.122. The highest BCUT2D eigenvalue weighted by Crippen LogP contribution is 2.24. The molecule has 1 aromatic carbocycles. The fraction of sp³-hybridized carbons (Fsp3) is 0.500. The summed E-state index contributed by atoms with van der Waals surface area (Å²) in [6.07, 6.45) is 3.96. The summed E-state index contributed by atoms with van der Waals surface area (Å²) in [6.45, 7) is 6.84. The van der Waals surface area contributed by atoms with Gasteiger partial charge in [0.15, 0.2) is 6.29 Å². The maximum atomic E-state index is 5.45. The van der Waals surface area contributed by atoms with Crippen molar-refractivity contribution in [3.05, 3.63) is 47.8 Å². The van der Waals surface area contributed by atoms with Gasteiger partial charge in [-0.05, 0) is 18.1 Å². The predicted octanol–water partition coefficient (Wildman–Crippen LogP) is 1.12. The molecular formula is C16H24N4O. The molecule has 1 unspecified atom stereocenters. The van der Waals surface area contributed by atoms with E-state index < -0.39 is 0 Å². The molecule has 2 heterocycles. The summed E-state index contributed by atoms with van der Waals surface area (Å²) < 4.78 is 5.45. The second-order valence-corrected chi connectivity index (χ2v) is 5.50. The van der Waals surface area contributed by atoms with E-state index in [1.165, 1.54) is 11.1 Å². The average Bonchev–Trinajstić information content (AvgIpc) is 3.07. The zero-order valence-corrected chi connectivity index (χ0v) is 12.5. The van der Waals surface area contributed by atoms with Gasteiger partial charge in [0.2, 0.25) is 0 Å². The molecule has 21 heavy (non-hydrogen) atoms. The first-order valence-electron chi connectivity index (χ1n) is 7.65. The van der Waals surface area contributed by atoms with E-state index in [0.29, 0.717) is 6.04 Å². The van der Waals surface area contributed by atoms with Crippen molar-refractivity contribution in [1.82, 2.24) is 20.9 Å². The van der Waals surface area contributed by atoms with E-state index in [2.05, 4.69) is 52.0 Å². The molecule has 0 amide bonds. The molecule has 0 aromatic heterocycles. The Balaban J connectivity index is 1.66. The van der Waals surface area contributed by atoms with Gasteiger partial charge in [-0.1, -0.05) is 24.3 Å². The van der Waals surface area contributed by atoms with Crippen LogP contribution in [0.2, 0.25) is 0 Å². The second kappa shape index (κ2) is 6.93. The Morgan fingerprint density at radius 2 is 1.95 bits per heavy atom. The van der Waals surface area contributed by atoms with Gasteiger partial charge in [0.25, 0.3) is 0 Å². The van der Waals surface area contributed by atoms with Crippen molar-refractivity contribution >= 4 is 0 Å². The molecule has 0 radical (unpaired) electrons. The van der Waals surface area contributed by atoms with Crippen molar-refractivity contribution in [1.29, 1.82) is 0 Å². The van der Waals surface area contributed by atoms with Gasteiger partial charge in [-0.15, -0.1) is 0 Å². The zero-order chi connectivity index (χ0) is 14.5. The minimum absolute atomic E-state index is 0.122. The van der Waals surface area contributed by atoms with Crippen molar-refractivity contribution in [2.24, 2.45) is 0 Å². The molecule has 2 aliphatic rings. The molecule has 0 bridgehead atoms. The van der Waals surface area contributed by atoms with E-state index in [4.69, 9.17) is 4.74 Å². The first-order valence-corrected chi connectivity index (χ1v) is 7.65. The van der Waals surface area contributed by atoms with Crippen LogP contribution in [0.3, 0.4) is 0 Å². The molecule has 0 spiro atoms. The molecule has 1 saturated heterocycles. The zero-order valence-electron chi connectivity index (χ0n) is 12.5. The molecule has 5 nitrogen and oxygen atoms in total. The lowest BCUT2D eigenvalue weighted by Gasteiger charge is -2.33. The number of rotatable bonds is 5. The van der Waals surface area contributed by atoms with Crippen LogP contribution in [0, 0.1) is 0 Å².